The largest absolute Gasteiger partial charge is 0.423 e. The Morgan fingerprint density at radius 3 is 2.31 bits per heavy atom. The summed E-state index contributed by atoms with van der Waals surface area (Å²) < 4.78 is 44.5. The van der Waals surface area contributed by atoms with Crippen molar-refractivity contribution in [1.29, 1.82) is 0 Å². The first-order valence-electron chi connectivity index (χ1n) is 8.33. The van der Waals surface area contributed by atoms with Crippen LogP contribution in [0.3, 0.4) is 0 Å². The van der Waals surface area contributed by atoms with E-state index in [0.29, 0.717) is 17.6 Å². The number of aromatic nitrogens is 3. The number of carbonyl (C=O) groups is 2. The third-order valence-corrected chi connectivity index (χ3v) is 3.91. The second-order valence-electron chi connectivity index (χ2n) is 6.05. The van der Waals surface area contributed by atoms with Gasteiger partial charge < -0.3 is 10.1 Å². The molecule has 2 aromatic heterocycles. The lowest BCUT2D eigenvalue weighted by Crippen LogP contribution is -2.11. The molecule has 0 saturated heterocycles. The molecule has 1 aromatic carbocycles. The number of esters is 1. The van der Waals surface area contributed by atoms with E-state index in [2.05, 4.69) is 15.4 Å². The number of rotatable bonds is 4. The molecule has 0 saturated carbocycles. The molecule has 0 aliphatic rings. The SMILES string of the molecule is CC(=O)Nc1ccc(OC(=O)c2cnn(-c3ccc(C(F)(F)F)cn3)c2C)cc1. The van der Waals surface area contributed by atoms with Gasteiger partial charge in [-0.1, -0.05) is 0 Å². The van der Waals surface area contributed by atoms with Crippen molar-refractivity contribution in [3.63, 3.8) is 0 Å². The highest BCUT2D eigenvalue weighted by Gasteiger charge is 2.30. The smallest absolute Gasteiger partial charge is 0.417 e. The Kier molecular flexibility index (Phi) is 5.35. The van der Waals surface area contributed by atoms with Gasteiger partial charge in [-0.2, -0.15) is 18.3 Å². The van der Waals surface area contributed by atoms with Crippen LogP contribution in [0, 0.1) is 6.92 Å². The van der Waals surface area contributed by atoms with E-state index in [4.69, 9.17) is 4.74 Å². The Labute approximate surface area is 163 Å². The number of alkyl halides is 3. The van der Waals surface area contributed by atoms with E-state index in [0.717, 1.165) is 6.07 Å². The zero-order valence-corrected chi connectivity index (χ0v) is 15.3. The molecule has 10 heteroatoms. The van der Waals surface area contributed by atoms with Crippen LogP contribution in [-0.4, -0.2) is 26.6 Å². The number of ether oxygens (including phenoxy) is 1. The lowest BCUT2D eigenvalue weighted by Gasteiger charge is -2.08. The minimum absolute atomic E-state index is 0.134. The quantitative estimate of drug-likeness (QED) is 0.528. The van der Waals surface area contributed by atoms with Crippen molar-refractivity contribution in [3.05, 3.63) is 65.6 Å². The van der Waals surface area contributed by atoms with E-state index < -0.39 is 17.7 Å². The maximum absolute atomic E-state index is 12.7. The summed E-state index contributed by atoms with van der Waals surface area (Å²) in [4.78, 5) is 27.2. The Hall–Kier alpha value is -3.69. The lowest BCUT2D eigenvalue weighted by atomic mass is 10.2. The Balaban J connectivity index is 1.76. The number of nitrogens with zero attached hydrogens (tertiary/aromatic N) is 3. The van der Waals surface area contributed by atoms with Crippen LogP contribution in [0.5, 0.6) is 5.75 Å². The highest BCUT2D eigenvalue weighted by molar-refractivity contribution is 5.92. The molecule has 2 heterocycles. The summed E-state index contributed by atoms with van der Waals surface area (Å²) in [5.41, 5.74) is 0.165. The minimum atomic E-state index is -4.49. The summed E-state index contributed by atoms with van der Waals surface area (Å²) in [6, 6.07) is 8.23. The Bertz CT molecular complexity index is 1040. The molecule has 0 spiro atoms. The number of pyridine rings is 1. The van der Waals surface area contributed by atoms with Crippen molar-refractivity contribution in [2.45, 2.75) is 20.0 Å². The maximum Gasteiger partial charge on any atom is 0.417 e. The summed E-state index contributed by atoms with van der Waals surface area (Å²) in [5.74, 6) is -0.527. The topological polar surface area (TPSA) is 86.1 Å². The number of halogens is 3. The molecule has 1 N–H and O–H groups in total. The van der Waals surface area contributed by atoms with Crippen molar-refractivity contribution in [2.75, 3.05) is 5.32 Å². The zero-order valence-electron chi connectivity index (χ0n) is 15.3. The van der Waals surface area contributed by atoms with Gasteiger partial charge in [-0.05, 0) is 43.3 Å². The molecule has 0 bridgehead atoms. The summed E-state index contributed by atoms with van der Waals surface area (Å²) >= 11 is 0. The monoisotopic (exact) mass is 404 g/mol. The molecule has 3 aromatic rings. The number of anilines is 1. The molecule has 29 heavy (non-hydrogen) atoms. The second kappa shape index (κ2) is 7.74. The van der Waals surface area contributed by atoms with E-state index in [-0.39, 0.29) is 23.0 Å². The number of nitrogens with one attached hydrogen (secondary N) is 1. The van der Waals surface area contributed by atoms with Gasteiger partial charge in [0.1, 0.15) is 11.3 Å². The first-order valence-corrected chi connectivity index (χ1v) is 8.33. The van der Waals surface area contributed by atoms with Crippen LogP contribution in [0.4, 0.5) is 18.9 Å². The third kappa shape index (κ3) is 4.60. The van der Waals surface area contributed by atoms with Gasteiger partial charge in [-0.15, -0.1) is 0 Å². The van der Waals surface area contributed by atoms with Crippen LogP contribution in [0.25, 0.3) is 5.82 Å². The number of benzene rings is 1. The van der Waals surface area contributed by atoms with Crippen LogP contribution >= 0.6 is 0 Å². The summed E-state index contributed by atoms with van der Waals surface area (Å²) in [5, 5.41) is 6.60. The van der Waals surface area contributed by atoms with Gasteiger partial charge in [0.2, 0.25) is 5.91 Å². The molecule has 0 fully saturated rings. The summed E-state index contributed by atoms with van der Waals surface area (Å²) in [6.45, 7) is 2.95. The van der Waals surface area contributed by atoms with Crippen molar-refractivity contribution in [3.8, 4) is 11.6 Å². The van der Waals surface area contributed by atoms with Gasteiger partial charge in [0.15, 0.2) is 5.82 Å². The van der Waals surface area contributed by atoms with Gasteiger partial charge in [0, 0.05) is 18.8 Å². The number of hydrogen-bond donors (Lipinski definition) is 1. The van der Waals surface area contributed by atoms with Gasteiger partial charge in [0.25, 0.3) is 0 Å². The third-order valence-electron chi connectivity index (χ3n) is 3.91. The van der Waals surface area contributed by atoms with Crippen molar-refractivity contribution in [1.82, 2.24) is 14.8 Å². The standard InChI is InChI=1S/C19H15F3N4O3/c1-11-16(18(28)29-15-6-4-14(5-7-15)25-12(2)27)10-24-26(11)17-8-3-13(9-23-17)19(20,21)22/h3-10H,1-2H3,(H,25,27). The van der Waals surface area contributed by atoms with E-state index in [1.54, 1.807) is 19.1 Å². The number of carbonyl (C=O) groups excluding carboxylic acids is 2. The Morgan fingerprint density at radius 1 is 1.07 bits per heavy atom. The summed E-state index contributed by atoms with van der Waals surface area (Å²) in [6.07, 6.45) is -2.54. The molecule has 150 valence electrons. The molecule has 0 aliphatic heterocycles. The normalized spacial score (nSPS) is 11.2. The van der Waals surface area contributed by atoms with Crippen LogP contribution in [-0.2, 0) is 11.0 Å². The first kappa shape index (κ1) is 20.1. The molecular weight excluding hydrogens is 389 g/mol. The van der Waals surface area contributed by atoms with Crippen molar-refractivity contribution < 1.29 is 27.5 Å². The van der Waals surface area contributed by atoms with Crippen LogP contribution in [0.15, 0.2) is 48.8 Å². The van der Waals surface area contributed by atoms with Gasteiger partial charge in [-0.25, -0.2) is 14.5 Å². The molecular formula is C19H15F3N4O3. The average molecular weight is 404 g/mol. The van der Waals surface area contributed by atoms with Gasteiger partial charge in [0.05, 0.1) is 17.5 Å². The van der Waals surface area contributed by atoms with Crippen LogP contribution in [0.2, 0.25) is 0 Å². The summed E-state index contributed by atoms with van der Waals surface area (Å²) in [7, 11) is 0. The molecule has 7 nitrogen and oxygen atoms in total. The molecule has 0 aliphatic carbocycles. The number of amides is 1. The fourth-order valence-corrected chi connectivity index (χ4v) is 2.49. The molecule has 0 atom stereocenters. The van der Waals surface area contributed by atoms with Gasteiger partial charge in [-0.3, -0.25) is 4.79 Å². The first-order chi connectivity index (χ1) is 13.6. The zero-order chi connectivity index (χ0) is 21.2. The highest BCUT2D eigenvalue weighted by atomic mass is 19.4. The fourth-order valence-electron chi connectivity index (χ4n) is 2.49. The Morgan fingerprint density at radius 2 is 1.76 bits per heavy atom. The minimum Gasteiger partial charge on any atom is -0.423 e. The molecule has 3 rings (SSSR count). The van der Waals surface area contributed by atoms with Crippen molar-refractivity contribution >= 4 is 17.6 Å². The maximum atomic E-state index is 12.7. The van der Waals surface area contributed by atoms with Crippen LogP contribution < -0.4 is 10.1 Å². The highest BCUT2D eigenvalue weighted by Crippen LogP contribution is 2.29. The van der Waals surface area contributed by atoms with Crippen LogP contribution in [0.1, 0.15) is 28.5 Å². The van der Waals surface area contributed by atoms with E-state index in [9.17, 15) is 22.8 Å². The van der Waals surface area contributed by atoms with E-state index >= 15 is 0 Å². The van der Waals surface area contributed by atoms with E-state index in [1.165, 1.54) is 36.0 Å². The average Bonchev–Trinajstić information content (AvgIpc) is 3.04. The lowest BCUT2D eigenvalue weighted by molar-refractivity contribution is -0.137. The van der Waals surface area contributed by atoms with E-state index in [1.807, 2.05) is 0 Å². The molecule has 1 amide bonds. The van der Waals surface area contributed by atoms with Crippen molar-refractivity contribution in [2.24, 2.45) is 0 Å². The molecule has 0 radical (unpaired) electrons. The predicted molar refractivity (Wildman–Crippen MR) is 96.8 cm³/mol. The number of hydrogen-bond acceptors (Lipinski definition) is 5. The predicted octanol–water partition coefficient (Wildman–Crippen LogP) is 3.77. The van der Waals surface area contributed by atoms with Gasteiger partial charge >= 0.3 is 12.1 Å². The fraction of sp³-hybridized carbons (Fsp3) is 0.158. The second-order valence-corrected chi connectivity index (χ2v) is 6.05. The molecule has 0 unspecified atom stereocenters.